The van der Waals surface area contributed by atoms with Crippen LogP contribution in [-0.2, 0) is 11.3 Å². The molecule has 2 aliphatic heterocycles. The molecule has 0 fully saturated rings. The number of rotatable bonds is 23. The summed E-state index contributed by atoms with van der Waals surface area (Å²) in [4.78, 5) is 58.6. The molecule has 0 aromatic heterocycles. The first-order valence-corrected chi connectivity index (χ1v) is 28.6. The van der Waals surface area contributed by atoms with Gasteiger partial charge < -0.3 is 23.7 Å². The fraction of sp³-hybridized carbons (Fsp3) is 0.227. The fourth-order valence-electron chi connectivity index (χ4n) is 10.8. The maximum atomic E-state index is 15.3. The lowest BCUT2D eigenvalue weighted by atomic mass is 9.82. The zero-order chi connectivity index (χ0) is 58.7. The van der Waals surface area contributed by atoms with Gasteiger partial charge in [-0.1, -0.05) is 145 Å². The topological polar surface area (TPSA) is 118 Å². The molecule has 10 rings (SSSR count). The first-order chi connectivity index (χ1) is 41.8. The van der Waals surface area contributed by atoms with Crippen molar-refractivity contribution in [3.63, 3.8) is 0 Å². The molecule has 414 valence electrons. The number of ether oxygens (including phenoxy) is 5. The van der Waals surface area contributed by atoms with Crippen molar-refractivity contribution < 1.29 is 42.9 Å². The molecule has 0 unspecified atom stereocenters. The molecular formula is C75H55NO9. The molecular weight excluding hydrogens is 1060 g/mol. The van der Waals surface area contributed by atoms with Crippen molar-refractivity contribution in [1.82, 2.24) is 4.90 Å². The van der Waals surface area contributed by atoms with Crippen molar-refractivity contribution in [3.05, 3.63) is 143 Å². The monoisotopic (exact) mass is 1110 g/mol. The van der Waals surface area contributed by atoms with Gasteiger partial charge in [0.15, 0.2) is 11.5 Å². The van der Waals surface area contributed by atoms with E-state index in [0.29, 0.717) is 95.3 Å². The first-order valence-electron chi connectivity index (χ1n) is 28.6. The number of carbonyl (C=O) groups excluding carboxylic acids is 4. The van der Waals surface area contributed by atoms with E-state index in [1.54, 1.807) is 72.8 Å². The molecule has 10 heteroatoms. The van der Waals surface area contributed by atoms with Crippen LogP contribution in [0.15, 0.2) is 115 Å². The molecule has 85 heavy (non-hydrogen) atoms. The van der Waals surface area contributed by atoms with Crippen molar-refractivity contribution in [2.45, 2.75) is 103 Å². The Morgan fingerprint density at radius 3 is 1.45 bits per heavy atom. The molecule has 8 aromatic rings. The van der Waals surface area contributed by atoms with E-state index in [1.165, 1.54) is 75.5 Å². The van der Waals surface area contributed by atoms with Crippen LogP contribution in [0.1, 0.15) is 144 Å². The Hall–Kier alpha value is -11.0. The Morgan fingerprint density at radius 2 is 0.894 bits per heavy atom. The number of nitrogens with zero attached hydrogens (tertiary/aromatic N) is 1. The number of esters is 2. The SMILES string of the molecule is C#CC#CC#CC#CC#CC#CC#CC#COc1ccc(CN2C(=O)c3ccc4c5c(Oc6ccccc6)cc6c7c(ccc(c8c(Oc9ccccc9)cc(c3c48)C2=O)c75)C(=O)OC6=O)cc1OCCCCCCCCCCCCCCCC. The average Bonchev–Trinajstić information content (AvgIpc) is 0.791. The van der Waals surface area contributed by atoms with Gasteiger partial charge in [-0.25, -0.2) is 9.59 Å². The Morgan fingerprint density at radius 1 is 0.424 bits per heavy atom. The van der Waals surface area contributed by atoms with Crippen LogP contribution in [0.5, 0.6) is 34.5 Å². The number of hydrogen-bond donors (Lipinski definition) is 0. The molecule has 2 aliphatic rings. The number of benzene rings is 8. The zero-order valence-corrected chi connectivity index (χ0v) is 47.0. The first kappa shape index (κ1) is 57.3. The molecule has 0 saturated heterocycles. The van der Waals surface area contributed by atoms with Crippen LogP contribution < -0.4 is 18.9 Å². The van der Waals surface area contributed by atoms with Gasteiger partial charge in [-0.15, -0.1) is 6.42 Å². The Labute approximate surface area is 495 Å². The Bertz CT molecular complexity index is 4450. The number of fused-ring (bicyclic) bond motifs is 2. The van der Waals surface area contributed by atoms with Crippen molar-refractivity contribution >= 4 is 66.8 Å². The van der Waals surface area contributed by atoms with Gasteiger partial charge in [0.2, 0.25) is 0 Å². The summed E-state index contributed by atoms with van der Waals surface area (Å²) in [6.07, 6.45) is 24.8. The molecule has 2 heterocycles. The lowest BCUT2D eigenvalue weighted by Crippen LogP contribution is -2.39. The summed E-state index contributed by atoms with van der Waals surface area (Å²) in [5, 5.41) is 4.32. The third-order valence-corrected chi connectivity index (χ3v) is 14.7. The second-order valence-corrected chi connectivity index (χ2v) is 20.3. The molecule has 0 N–H and O–H groups in total. The summed E-state index contributed by atoms with van der Waals surface area (Å²) in [5.74, 6) is 34.9. The third kappa shape index (κ3) is 13.4. The smallest absolute Gasteiger partial charge is 0.346 e. The number of imide groups is 1. The molecule has 0 aliphatic carbocycles. The van der Waals surface area contributed by atoms with Crippen molar-refractivity contribution in [3.8, 4) is 130 Å². The van der Waals surface area contributed by atoms with Crippen molar-refractivity contribution in [2.75, 3.05) is 6.61 Å². The predicted octanol–water partition coefficient (Wildman–Crippen LogP) is 15.3. The number of terminal acetylenes is 1. The Balaban J connectivity index is 0.946. The highest BCUT2D eigenvalue weighted by atomic mass is 16.6. The molecule has 10 nitrogen and oxygen atoms in total. The third-order valence-electron chi connectivity index (χ3n) is 14.7. The van der Waals surface area contributed by atoms with Crippen LogP contribution in [0, 0.1) is 95.4 Å². The van der Waals surface area contributed by atoms with E-state index in [2.05, 4.69) is 95.9 Å². The van der Waals surface area contributed by atoms with E-state index in [1.807, 2.05) is 42.5 Å². The molecule has 0 bridgehead atoms. The maximum Gasteiger partial charge on any atom is 0.346 e. The lowest BCUT2D eigenvalue weighted by Gasteiger charge is -2.30. The number of para-hydroxylation sites is 2. The number of unbranched alkanes of at least 4 members (excludes halogenated alkanes) is 13. The minimum Gasteiger partial charge on any atom is -0.490 e. The van der Waals surface area contributed by atoms with Crippen LogP contribution in [-0.4, -0.2) is 35.3 Å². The van der Waals surface area contributed by atoms with Crippen LogP contribution in [0.25, 0.3) is 43.1 Å². The van der Waals surface area contributed by atoms with Gasteiger partial charge in [0, 0.05) is 79.3 Å². The van der Waals surface area contributed by atoms with Crippen molar-refractivity contribution in [1.29, 1.82) is 0 Å². The van der Waals surface area contributed by atoms with E-state index < -0.39 is 23.8 Å². The van der Waals surface area contributed by atoms with Crippen LogP contribution in [0.3, 0.4) is 0 Å². The second-order valence-electron chi connectivity index (χ2n) is 20.3. The van der Waals surface area contributed by atoms with Crippen molar-refractivity contribution in [2.24, 2.45) is 0 Å². The number of carbonyl (C=O) groups is 4. The number of amides is 2. The minimum absolute atomic E-state index is 0.113. The van der Waals surface area contributed by atoms with Gasteiger partial charge >= 0.3 is 11.9 Å². The summed E-state index contributed by atoms with van der Waals surface area (Å²) >= 11 is 0. The molecule has 8 aromatic carbocycles. The van der Waals surface area contributed by atoms with Gasteiger partial charge in [0.25, 0.3) is 11.8 Å². The van der Waals surface area contributed by atoms with E-state index in [4.69, 9.17) is 30.1 Å². The predicted molar refractivity (Wildman–Crippen MR) is 331 cm³/mol. The normalized spacial score (nSPS) is 11.6. The molecule has 2 amide bonds. The molecule has 0 radical (unpaired) electrons. The molecule has 0 spiro atoms. The zero-order valence-electron chi connectivity index (χ0n) is 47.0. The highest BCUT2D eigenvalue weighted by molar-refractivity contribution is 6.42. The fourth-order valence-corrected chi connectivity index (χ4v) is 10.8. The van der Waals surface area contributed by atoms with Gasteiger partial charge in [-0.2, -0.15) is 0 Å². The van der Waals surface area contributed by atoms with Gasteiger partial charge in [-0.05, 0) is 125 Å². The lowest BCUT2D eigenvalue weighted by molar-refractivity contribution is 0.0389. The summed E-state index contributed by atoms with van der Waals surface area (Å²) in [6, 6.07) is 33.7. The highest BCUT2D eigenvalue weighted by Gasteiger charge is 2.38. The second kappa shape index (κ2) is 28.1. The number of cyclic esters (lactones) is 2. The largest absolute Gasteiger partial charge is 0.490 e. The van der Waals surface area contributed by atoms with E-state index in [9.17, 15) is 9.59 Å². The van der Waals surface area contributed by atoms with Gasteiger partial charge in [-0.3, -0.25) is 14.5 Å². The van der Waals surface area contributed by atoms with Gasteiger partial charge in [0.1, 0.15) is 29.1 Å². The minimum atomic E-state index is -0.808. The molecule has 0 saturated carbocycles. The standard InChI is InChI=1S/C75H55NO9/c1-3-5-7-9-11-13-15-17-19-21-23-25-27-35-47-81-62-46-41-53(49-63(62)82-48-36-28-26-24-22-20-18-16-14-12-10-8-6-4-2)52-76-72(77)58-44-42-56-69-65(84-55-39-33-30-34-40-55)51-61-67-59(74(79)85-75(61)80)45-43-57(71(67)69)68-64(83-54-37-31-29-32-38-54)50-60(73(76)78)66(58)70(56)68/h1,29-34,37-46,49-51H,4,6,8,10,12,14,16,18,20,22,24,26,28,36,48,52H2,2H3. The maximum absolute atomic E-state index is 15.3. The van der Waals surface area contributed by atoms with Crippen LogP contribution in [0.4, 0.5) is 0 Å². The number of hydrogen-bond acceptors (Lipinski definition) is 9. The van der Waals surface area contributed by atoms with E-state index in [-0.39, 0.29) is 23.2 Å². The average molecular weight is 1110 g/mol. The van der Waals surface area contributed by atoms with E-state index in [0.717, 1.165) is 19.3 Å². The molecule has 0 atom stereocenters. The van der Waals surface area contributed by atoms with Crippen LogP contribution in [0.2, 0.25) is 0 Å². The quantitative estimate of drug-likeness (QED) is 0.0117. The summed E-state index contributed by atoms with van der Waals surface area (Å²) < 4.78 is 30.9. The Kier molecular flexibility index (Phi) is 19.0. The van der Waals surface area contributed by atoms with Crippen LogP contribution >= 0.6 is 0 Å². The summed E-state index contributed by atoms with van der Waals surface area (Å²) in [6.45, 7) is 2.54. The summed E-state index contributed by atoms with van der Waals surface area (Å²) in [7, 11) is 0. The van der Waals surface area contributed by atoms with Gasteiger partial charge in [0.05, 0.1) is 29.8 Å². The van der Waals surface area contributed by atoms with E-state index >= 15 is 9.59 Å². The summed E-state index contributed by atoms with van der Waals surface area (Å²) in [5.41, 5.74) is 1.51. The highest BCUT2D eigenvalue weighted by Crippen LogP contribution is 2.53.